The number of hydrogen-bond donors (Lipinski definition) is 2. The van der Waals surface area contributed by atoms with Crippen molar-refractivity contribution < 1.29 is 0 Å². The summed E-state index contributed by atoms with van der Waals surface area (Å²) in [4.78, 5) is 0. The largest absolute Gasteiger partial charge is 0.396 e. The number of rotatable bonds is 7. The summed E-state index contributed by atoms with van der Waals surface area (Å²) in [6.45, 7) is 4.38. The lowest BCUT2D eigenvalue weighted by Crippen LogP contribution is -2.16. The van der Waals surface area contributed by atoms with Crippen molar-refractivity contribution in [2.45, 2.75) is 52.0 Å². The van der Waals surface area contributed by atoms with Crippen LogP contribution in [0.15, 0.2) is 18.2 Å². The average Bonchev–Trinajstić information content (AvgIpc) is 2.37. The Morgan fingerprint density at radius 2 is 2.11 bits per heavy atom. The van der Waals surface area contributed by atoms with Crippen LogP contribution in [0.25, 0.3) is 0 Å². The molecule has 0 heterocycles. The molecular weight excluding hydrogens is 222 g/mol. The zero-order chi connectivity index (χ0) is 13.4. The SMILES string of the molecule is CCCCCCC(C)Nc1cccc(C#N)c1N. The first-order valence-electron chi connectivity index (χ1n) is 6.74. The van der Waals surface area contributed by atoms with E-state index in [1.807, 2.05) is 12.1 Å². The molecule has 0 aromatic heterocycles. The van der Waals surface area contributed by atoms with Crippen molar-refractivity contribution in [2.75, 3.05) is 11.1 Å². The van der Waals surface area contributed by atoms with Gasteiger partial charge in [0.05, 0.1) is 16.9 Å². The number of nitrogens with zero attached hydrogens (tertiary/aromatic N) is 1. The van der Waals surface area contributed by atoms with Crippen molar-refractivity contribution in [1.29, 1.82) is 5.26 Å². The van der Waals surface area contributed by atoms with Crippen molar-refractivity contribution in [1.82, 2.24) is 0 Å². The van der Waals surface area contributed by atoms with Gasteiger partial charge in [-0.1, -0.05) is 38.7 Å². The third-order valence-corrected chi connectivity index (χ3v) is 3.12. The highest BCUT2D eigenvalue weighted by Gasteiger charge is 2.07. The molecule has 0 saturated carbocycles. The Morgan fingerprint density at radius 3 is 2.78 bits per heavy atom. The van der Waals surface area contributed by atoms with E-state index in [9.17, 15) is 0 Å². The maximum Gasteiger partial charge on any atom is 0.101 e. The molecule has 18 heavy (non-hydrogen) atoms. The molecule has 1 rings (SSSR count). The molecule has 1 aromatic rings. The summed E-state index contributed by atoms with van der Waals surface area (Å²) in [5.41, 5.74) is 7.90. The number of anilines is 2. The Kier molecular flexibility index (Phi) is 6.07. The third kappa shape index (κ3) is 4.29. The average molecular weight is 245 g/mol. The molecule has 3 N–H and O–H groups in total. The van der Waals surface area contributed by atoms with Crippen molar-refractivity contribution in [3.63, 3.8) is 0 Å². The second kappa shape index (κ2) is 7.60. The zero-order valence-electron chi connectivity index (χ0n) is 11.4. The molecule has 3 heteroatoms. The zero-order valence-corrected chi connectivity index (χ0v) is 11.4. The first-order chi connectivity index (χ1) is 8.69. The van der Waals surface area contributed by atoms with E-state index in [0.29, 0.717) is 17.3 Å². The molecule has 0 fully saturated rings. The summed E-state index contributed by atoms with van der Waals surface area (Å²) in [5, 5.41) is 12.3. The molecule has 0 amide bonds. The van der Waals surface area contributed by atoms with E-state index in [4.69, 9.17) is 11.0 Å². The summed E-state index contributed by atoms with van der Waals surface area (Å²) < 4.78 is 0. The lowest BCUT2D eigenvalue weighted by Gasteiger charge is -2.17. The highest BCUT2D eigenvalue weighted by atomic mass is 14.9. The second-order valence-electron chi connectivity index (χ2n) is 4.77. The minimum Gasteiger partial charge on any atom is -0.396 e. The molecule has 0 aliphatic heterocycles. The lowest BCUT2D eigenvalue weighted by atomic mass is 10.1. The van der Waals surface area contributed by atoms with E-state index in [1.54, 1.807) is 6.07 Å². The molecule has 1 atom stereocenters. The second-order valence-corrected chi connectivity index (χ2v) is 4.77. The summed E-state index contributed by atoms with van der Waals surface area (Å²) in [5.74, 6) is 0. The fraction of sp³-hybridized carbons (Fsp3) is 0.533. The normalized spacial score (nSPS) is 11.8. The predicted octanol–water partition coefficient (Wildman–Crippen LogP) is 3.91. The van der Waals surface area contributed by atoms with E-state index >= 15 is 0 Å². The van der Waals surface area contributed by atoms with Crippen LogP contribution in [0.5, 0.6) is 0 Å². The molecule has 98 valence electrons. The summed E-state index contributed by atoms with van der Waals surface area (Å²) in [7, 11) is 0. The Hall–Kier alpha value is -1.69. The fourth-order valence-corrected chi connectivity index (χ4v) is 2.00. The molecular formula is C15H23N3. The number of hydrogen-bond acceptors (Lipinski definition) is 3. The number of benzene rings is 1. The topological polar surface area (TPSA) is 61.8 Å². The quantitative estimate of drug-likeness (QED) is 0.565. The van der Waals surface area contributed by atoms with Crippen LogP contribution in [0.3, 0.4) is 0 Å². The van der Waals surface area contributed by atoms with Gasteiger partial charge in [-0.25, -0.2) is 0 Å². The van der Waals surface area contributed by atoms with Crippen molar-refractivity contribution in [3.05, 3.63) is 23.8 Å². The van der Waals surface area contributed by atoms with Gasteiger partial charge in [0.25, 0.3) is 0 Å². The monoisotopic (exact) mass is 245 g/mol. The highest BCUT2D eigenvalue weighted by Crippen LogP contribution is 2.23. The minimum absolute atomic E-state index is 0.387. The number of unbranched alkanes of at least 4 members (excludes halogenated alkanes) is 3. The smallest absolute Gasteiger partial charge is 0.101 e. The van der Waals surface area contributed by atoms with E-state index in [1.165, 1.54) is 25.7 Å². The van der Waals surface area contributed by atoms with Gasteiger partial charge in [0.15, 0.2) is 0 Å². The van der Waals surface area contributed by atoms with Crippen LogP contribution in [0, 0.1) is 11.3 Å². The van der Waals surface area contributed by atoms with Gasteiger partial charge in [0, 0.05) is 6.04 Å². The number of nitrogens with two attached hydrogens (primary N) is 1. The van der Waals surface area contributed by atoms with E-state index in [2.05, 4.69) is 25.2 Å². The molecule has 0 aliphatic carbocycles. The van der Waals surface area contributed by atoms with Crippen LogP contribution < -0.4 is 11.1 Å². The van der Waals surface area contributed by atoms with Crippen LogP contribution in [-0.2, 0) is 0 Å². The van der Waals surface area contributed by atoms with Gasteiger partial charge in [-0.05, 0) is 25.5 Å². The standard InChI is InChI=1S/C15H23N3/c1-3-4-5-6-8-12(2)18-14-10-7-9-13(11-16)15(14)17/h7,9-10,12,18H,3-6,8,17H2,1-2H3. The van der Waals surface area contributed by atoms with Gasteiger partial charge >= 0.3 is 0 Å². The van der Waals surface area contributed by atoms with Crippen LogP contribution in [0.4, 0.5) is 11.4 Å². The minimum atomic E-state index is 0.387. The number of para-hydroxylation sites is 1. The molecule has 0 radical (unpaired) electrons. The molecule has 0 aliphatic rings. The molecule has 0 bridgehead atoms. The number of nitrogen functional groups attached to an aromatic ring is 1. The van der Waals surface area contributed by atoms with Crippen molar-refractivity contribution in [2.24, 2.45) is 0 Å². The van der Waals surface area contributed by atoms with Crippen molar-refractivity contribution >= 4 is 11.4 Å². The Bertz CT molecular complexity index is 407. The summed E-state index contributed by atoms with van der Waals surface area (Å²) in [6.07, 6.45) is 6.23. The predicted molar refractivity (Wildman–Crippen MR) is 77.4 cm³/mol. The third-order valence-electron chi connectivity index (χ3n) is 3.12. The summed E-state index contributed by atoms with van der Waals surface area (Å²) >= 11 is 0. The number of nitrogens with one attached hydrogen (secondary N) is 1. The Labute approximate surface area is 110 Å². The van der Waals surface area contributed by atoms with Gasteiger partial charge in [-0.15, -0.1) is 0 Å². The van der Waals surface area contributed by atoms with E-state index in [0.717, 1.165) is 12.1 Å². The molecule has 0 saturated heterocycles. The molecule has 3 nitrogen and oxygen atoms in total. The van der Waals surface area contributed by atoms with Gasteiger partial charge in [0.2, 0.25) is 0 Å². The molecule has 1 unspecified atom stereocenters. The Balaban J connectivity index is 2.49. The first-order valence-corrected chi connectivity index (χ1v) is 6.74. The van der Waals surface area contributed by atoms with Gasteiger partial charge < -0.3 is 11.1 Å². The lowest BCUT2D eigenvalue weighted by molar-refractivity contribution is 0.594. The van der Waals surface area contributed by atoms with Crippen molar-refractivity contribution in [3.8, 4) is 6.07 Å². The first kappa shape index (κ1) is 14.4. The number of nitriles is 1. The van der Waals surface area contributed by atoms with E-state index in [-0.39, 0.29) is 0 Å². The highest BCUT2D eigenvalue weighted by molar-refractivity contribution is 5.73. The van der Waals surface area contributed by atoms with Gasteiger partial charge in [0.1, 0.15) is 6.07 Å². The van der Waals surface area contributed by atoms with Gasteiger partial charge in [-0.3, -0.25) is 0 Å². The summed E-state index contributed by atoms with van der Waals surface area (Å²) in [6, 6.07) is 8.02. The maximum atomic E-state index is 8.92. The molecule has 1 aromatic carbocycles. The Morgan fingerprint density at radius 1 is 1.33 bits per heavy atom. The fourth-order valence-electron chi connectivity index (χ4n) is 2.00. The van der Waals surface area contributed by atoms with Crippen LogP contribution in [-0.4, -0.2) is 6.04 Å². The van der Waals surface area contributed by atoms with E-state index < -0.39 is 0 Å². The van der Waals surface area contributed by atoms with Gasteiger partial charge in [-0.2, -0.15) is 5.26 Å². The van der Waals surface area contributed by atoms with Crippen LogP contribution in [0.1, 0.15) is 51.5 Å². The maximum absolute atomic E-state index is 8.92. The van der Waals surface area contributed by atoms with Crippen LogP contribution >= 0.6 is 0 Å². The molecule has 0 spiro atoms. The van der Waals surface area contributed by atoms with Crippen LogP contribution in [0.2, 0.25) is 0 Å².